The molecule has 1 N–H and O–H groups in total. The van der Waals surface area contributed by atoms with E-state index in [0.29, 0.717) is 0 Å². The van der Waals surface area contributed by atoms with Crippen LogP contribution in [-0.2, 0) is 4.79 Å². The normalized spacial score (nSPS) is 12.7. The maximum atomic E-state index is 10.3. The second-order valence-electron chi connectivity index (χ2n) is 9.82. The highest BCUT2D eigenvalue weighted by atomic mass is 16.4. The smallest absolute Gasteiger partial charge is 0.328 e. The fourth-order valence-corrected chi connectivity index (χ4v) is 4.17. The molecule has 0 heterocycles. The van der Waals surface area contributed by atoms with Crippen LogP contribution in [-0.4, -0.2) is 11.1 Å². The van der Waals surface area contributed by atoms with Gasteiger partial charge in [0.25, 0.3) is 0 Å². The minimum Gasteiger partial charge on any atom is -0.478 e. The van der Waals surface area contributed by atoms with Crippen molar-refractivity contribution in [3.63, 3.8) is 0 Å². The van der Waals surface area contributed by atoms with E-state index in [1.807, 2.05) is 30.4 Å². The summed E-state index contributed by atoms with van der Waals surface area (Å²) < 4.78 is 0. The molecular weight excluding hydrogens is 440 g/mol. The molecule has 0 aromatic carbocycles. The van der Waals surface area contributed by atoms with Crippen LogP contribution in [0.4, 0.5) is 0 Å². The number of hydrogen-bond donors (Lipinski definition) is 1. The Morgan fingerprint density at radius 1 is 0.444 bits per heavy atom. The zero-order valence-electron chi connectivity index (χ0n) is 23.4. The summed E-state index contributed by atoms with van der Waals surface area (Å²) in [5, 5.41) is 8.46. The average molecular weight is 497 g/mol. The third kappa shape index (κ3) is 31.9. The van der Waals surface area contributed by atoms with Gasteiger partial charge in [0.1, 0.15) is 0 Å². The van der Waals surface area contributed by atoms with Crippen LogP contribution < -0.4 is 0 Å². The van der Waals surface area contributed by atoms with Crippen LogP contribution >= 0.6 is 0 Å². The number of allylic oxidation sites excluding steroid dienone is 11. The summed E-state index contributed by atoms with van der Waals surface area (Å²) in [5.41, 5.74) is 0. The van der Waals surface area contributed by atoms with Crippen LogP contribution in [0.25, 0.3) is 0 Å². The van der Waals surface area contributed by atoms with Gasteiger partial charge >= 0.3 is 5.97 Å². The molecule has 2 nitrogen and oxygen atoms in total. The molecule has 0 saturated carbocycles. The van der Waals surface area contributed by atoms with E-state index in [9.17, 15) is 4.79 Å². The van der Waals surface area contributed by atoms with E-state index in [1.54, 1.807) is 12.2 Å². The molecule has 36 heavy (non-hydrogen) atoms. The SMILES string of the molecule is CCCCCCCCCCCCCCCCCCCCCC=CC=CC=CC=CC=CC=CC(=O)O. The molecule has 0 unspecified atom stereocenters. The Morgan fingerprint density at radius 3 is 1.11 bits per heavy atom. The largest absolute Gasteiger partial charge is 0.478 e. The van der Waals surface area contributed by atoms with Crippen molar-refractivity contribution in [2.24, 2.45) is 0 Å². The van der Waals surface area contributed by atoms with Crippen LogP contribution in [0.2, 0.25) is 0 Å². The molecule has 0 saturated heterocycles. The van der Waals surface area contributed by atoms with E-state index in [4.69, 9.17) is 5.11 Å². The molecule has 0 rings (SSSR count). The Bertz CT molecular complexity index is 634. The van der Waals surface area contributed by atoms with E-state index in [0.717, 1.165) is 6.08 Å². The van der Waals surface area contributed by atoms with E-state index >= 15 is 0 Å². The van der Waals surface area contributed by atoms with Crippen LogP contribution in [0, 0.1) is 0 Å². The van der Waals surface area contributed by atoms with Gasteiger partial charge < -0.3 is 5.11 Å². The zero-order chi connectivity index (χ0) is 26.2. The zero-order valence-corrected chi connectivity index (χ0v) is 23.4. The summed E-state index contributed by atoms with van der Waals surface area (Å²) in [5.74, 6) is -0.933. The minimum absolute atomic E-state index is 0.933. The lowest BCUT2D eigenvalue weighted by atomic mass is 10.0. The number of aliphatic carboxylic acids is 1. The van der Waals surface area contributed by atoms with Crippen molar-refractivity contribution in [3.05, 3.63) is 72.9 Å². The second kappa shape index (κ2) is 30.9. The molecular formula is C34H56O2. The first kappa shape index (κ1) is 33.9. The summed E-state index contributed by atoms with van der Waals surface area (Å²) in [6, 6.07) is 0. The number of carboxylic acids is 1. The van der Waals surface area contributed by atoms with Crippen LogP contribution in [0.3, 0.4) is 0 Å². The highest BCUT2D eigenvalue weighted by Gasteiger charge is 1.95. The third-order valence-corrected chi connectivity index (χ3v) is 6.35. The monoisotopic (exact) mass is 496 g/mol. The number of unbranched alkanes of at least 4 members (excludes halogenated alkanes) is 19. The molecule has 0 bridgehead atoms. The predicted octanol–water partition coefficient (Wildman–Crippen LogP) is 11.2. The van der Waals surface area contributed by atoms with Gasteiger partial charge in [0.15, 0.2) is 0 Å². The first-order valence-corrected chi connectivity index (χ1v) is 15.0. The average Bonchev–Trinajstić information content (AvgIpc) is 2.87. The van der Waals surface area contributed by atoms with Gasteiger partial charge in [0.2, 0.25) is 0 Å². The summed E-state index contributed by atoms with van der Waals surface area (Å²) >= 11 is 0. The molecule has 204 valence electrons. The van der Waals surface area contributed by atoms with Crippen molar-refractivity contribution in [2.75, 3.05) is 0 Å². The summed E-state index contributed by atoms with van der Waals surface area (Å²) in [4.78, 5) is 10.3. The predicted molar refractivity (Wildman–Crippen MR) is 160 cm³/mol. The summed E-state index contributed by atoms with van der Waals surface area (Å²) in [7, 11) is 0. The van der Waals surface area contributed by atoms with E-state index in [2.05, 4.69) is 25.2 Å². The lowest BCUT2D eigenvalue weighted by molar-refractivity contribution is -0.131. The molecule has 0 aromatic rings. The van der Waals surface area contributed by atoms with Crippen LogP contribution in [0.15, 0.2) is 72.9 Å². The van der Waals surface area contributed by atoms with Gasteiger partial charge in [-0.25, -0.2) is 4.79 Å². The first-order valence-electron chi connectivity index (χ1n) is 15.0. The highest BCUT2D eigenvalue weighted by molar-refractivity contribution is 5.80. The lowest BCUT2D eigenvalue weighted by Crippen LogP contribution is -1.84. The van der Waals surface area contributed by atoms with Gasteiger partial charge in [-0.3, -0.25) is 0 Å². The Balaban J connectivity index is 3.31. The van der Waals surface area contributed by atoms with E-state index in [-0.39, 0.29) is 0 Å². The van der Waals surface area contributed by atoms with E-state index < -0.39 is 5.97 Å². The number of hydrogen-bond acceptors (Lipinski definition) is 1. The Morgan fingerprint density at radius 2 is 0.750 bits per heavy atom. The van der Waals surface area contributed by atoms with Crippen LogP contribution in [0.1, 0.15) is 135 Å². The van der Waals surface area contributed by atoms with Gasteiger partial charge in [-0.1, -0.05) is 189 Å². The molecule has 0 aromatic heterocycles. The quantitative estimate of drug-likeness (QED) is 0.0734. The van der Waals surface area contributed by atoms with Gasteiger partial charge in [-0.05, 0) is 12.8 Å². The molecule has 2 heteroatoms. The Labute approximate surface area is 224 Å². The van der Waals surface area contributed by atoms with Gasteiger partial charge in [0.05, 0.1) is 0 Å². The number of carbonyl (C=O) groups is 1. The Hall–Kier alpha value is -2.09. The van der Waals surface area contributed by atoms with Crippen LogP contribution in [0.5, 0.6) is 0 Å². The number of carboxylic acid groups (broad SMARTS) is 1. The van der Waals surface area contributed by atoms with Crippen molar-refractivity contribution in [1.29, 1.82) is 0 Å². The molecule has 0 fully saturated rings. The molecule has 0 amide bonds. The minimum atomic E-state index is -0.933. The maximum absolute atomic E-state index is 10.3. The third-order valence-electron chi connectivity index (χ3n) is 6.35. The number of rotatable bonds is 26. The molecule has 0 spiro atoms. The molecule has 0 aliphatic heterocycles. The molecule has 0 atom stereocenters. The van der Waals surface area contributed by atoms with E-state index in [1.165, 1.54) is 134 Å². The summed E-state index contributed by atoms with van der Waals surface area (Å²) in [6.07, 6.45) is 50.6. The molecule has 0 aliphatic carbocycles. The van der Waals surface area contributed by atoms with Gasteiger partial charge in [-0.15, -0.1) is 0 Å². The highest BCUT2D eigenvalue weighted by Crippen LogP contribution is 2.14. The summed E-state index contributed by atoms with van der Waals surface area (Å²) in [6.45, 7) is 2.29. The van der Waals surface area contributed by atoms with Gasteiger partial charge in [-0.2, -0.15) is 0 Å². The van der Waals surface area contributed by atoms with Crippen molar-refractivity contribution < 1.29 is 9.90 Å². The first-order chi connectivity index (χ1) is 17.8. The fraction of sp³-hybridized carbons (Fsp3) is 0.618. The molecule has 0 aliphatic rings. The van der Waals surface area contributed by atoms with Gasteiger partial charge in [0, 0.05) is 6.08 Å². The molecule has 0 radical (unpaired) electrons. The standard InChI is InChI=1S/C34H56O2/c1-2-3-4-5-6-7-8-9-10-11-12-13-14-15-16-17-18-19-20-21-22-23-24-25-26-27-28-29-30-31-32-33-34(35)36/h22-33H,2-21H2,1H3,(H,35,36). The second-order valence-corrected chi connectivity index (χ2v) is 9.82. The Kier molecular flexibility index (Phi) is 29.1. The maximum Gasteiger partial charge on any atom is 0.328 e. The van der Waals surface area contributed by atoms with Crippen molar-refractivity contribution in [3.8, 4) is 0 Å². The fourth-order valence-electron chi connectivity index (χ4n) is 4.17. The topological polar surface area (TPSA) is 37.3 Å². The van der Waals surface area contributed by atoms with Crippen molar-refractivity contribution >= 4 is 5.97 Å². The van der Waals surface area contributed by atoms with Crippen molar-refractivity contribution in [1.82, 2.24) is 0 Å². The van der Waals surface area contributed by atoms with Crippen molar-refractivity contribution in [2.45, 2.75) is 135 Å². The lowest BCUT2D eigenvalue weighted by Gasteiger charge is -2.03.